The van der Waals surface area contributed by atoms with Crippen molar-refractivity contribution >= 4 is 16.4 Å². The molecule has 27 heavy (non-hydrogen) atoms. The molecule has 6 heteroatoms. The summed E-state index contributed by atoms with van der Waals surface area (Å²) in [5.74, 6) is 2.73. The van der Waals surface area contributed by atoms with Crippen LogP contribution in [0.1, 0.15) is 34.6 Å². The van der Waals surface area contributed by atoms with Gasteiger partial charge in [-0.3, -0.25) is 0 Å². The molecule has 0 radical (unpaired) electrons. The van der Waals surface area contributed by atoms with Crippen molar-refractivity contribution < 1.29 is 19.0 Å². The third-order valence-corrected chi connectivity index (χ3v) is 10.3. The van der Waals surface area contributed by atoms with E-state index in [0.29, 0.717) is 6.61 Å². The minimum atomic E-state index is -1.84. The lowest BCUT2D eigenvalue weighted by Crippen LogP contribution is -2.46. The Morgan fingerprint density at radius 1 is 1.11 bits per heavy atom. The number of aliphatic hydroxyl groups excluding tert-OH is 1. The molecule has 1 aliphatic heterocycles. The monoisotopic (exact) mass is 412 g/mol. The maximum atomic E-state index is 10.6. The summed E-state index contributed by atoms with van der Waals surface area (Å²) in [6.45, 7) is 22.1. The Bertz CT molecular complexity index is 561. The van der Waals surface area contributed by atoms with Crippen LogP contribution in [0, 0.1) is 17.4 Å². The molecule has 156 valence electrons. The van der Waals surface area contributed by atoms with Crippen LogP contribution in [0.2, 0.25) is 37.8 Å². The van der Waals surface area contributed by atoms with Gasteiger partial charge in [0.05, 0.1) is 18.6 Å². The van der Waals surface area contributed by atoms with Gasteiger partial charge in [-0.15, -0.1) is 5.54 Å². The SMILES string of the molecule is CC(C)O[C@H]1O[C@H](CO[Si](C)(C)C(C)(C)C)C=C[C@H]1[C@@H](O)C#C[Si](C)(C)C. The molecule has 0 aromatic rings. The minimum absolute atomic E-state index is 0.00288. The topological polar surface area (TPSA) is 47.9 Å². The lowest BCUT2D eigenvalue weighted by molar-refractivity contribution is -0.216. The molecule has 0 fully saturated rings. The minimum Gasteiger partial charge on any atom is -0.414 e. The van der Waals surface area contributed by atoms with E-state index in [1.54, 1.807) is 0 Å². The summed E-state index contributed by atoms with van der Waals surface area (Å²) in [6.07, 6.45) is 2.49. The molecule has 0 saturated heterocycles. The van der Waals surface area contributed by atoms with E-state index in [9.17, 15) is 5.11 Å². The third kappa shape index (κ3) is 8.22. The van der Waals surface area contributed by atoms with Gasteiger partial charge in [0.1, 0.15) is 20.3 Å². The van der Waals surface area contributed by atoms with Crippen molar-refractivity contribution in [2.45, 2.75) is 97.0 Å². The van der Waals surface area contributed by atoms with Crippen LogP contribution in [-0.4, -0.2) is 52.7 Å². The summed E-state index contributed by atoms with van der Waals surface area (Å²) in [4.78, 5) is 0. The van der Waals surface area contributed by atoms with E-state index in [2.05, 4.69) is 65.0 Å². The average Bonchev–Trinajstić information content (AvgIpc) is 2.48. The molecular formula is C21H40O4Si2. The van der Waals surface area contributed by atoms with E-state index in [4.69, 9.17) is 13.9 Å². The van der Waals surface area contributed by atoms with Crippen molar-refractivity contribution in [3.05, 3.63) is 12.2 Å². The highest BCUT2D eigenvalue weighted by atomic mass is 28.4. The fraction of sp³-hybridized carbons (Fsp3) is 0.810. The summed E-state index contributed by atoms with van der Waals surface area (Å²) in [6, 6.07) is 0. The number of rotatable bonds is 6. The van der Waals surface area contributed by atoms with Crippen LogP contribution in [0.25, 0.3) is 0 Å². The molecule has 1 N–H and O–H groups in total. The Morgan fingerprint density at radius 2 is 1.70 bits per heavy atom. The first-order chi connectivity index (χ1) is 12.1. The van der Waals surface area contributed by atoms with Gasteiger partial charge in [-0.2, -0.15) is 0 Å². The van der Waals surface area contributed by atoms with E-state index in [-0.39, 0.29) is 23.2 Å². The number of hydrogen-bond acceptors (Lipinski definition) is 4. The maximum Gasteiger partial charge on any atom is 0.192 e. The van der Waals surface area contributed by atoms with Crippen LogP contribution in [0.5, 0.6) is 0 Å². The molecule has 0 unspecified atom stereocenters. The molecule has 0 amide bonds. The Kier molecular flexibility index (Phi) is 8.55. The van der Waals surface area contributed by atoms with Crippen LogP contribution >= 0.6 is 0 Å². The van der Waals surface area contributed by atoms with Crippen molar-refractivity contribution in [3.63, 3.8) is 0 Å². The molecule has 0 spiro atoms. The molecule has 0 saturated carbocycles. The predicted octanol–water partition coefficient (Wildman–Crippen LogP) is 4.57. The largest absolute Gasteiger partial charge is 0.414 e. The molecule has 1 heterocycles. The quantitative estimate of drug-likeness (QED) is 0.394. The standard InChI is InChI=1S/C21H40O4Si2/c1-16(2)24-20-18(19(22)13-14-26(6,7)8)12-11-17(25-20)15-23-27(9,10)21(3,4)5/h11-12,16-20,22H,15H2,1-10H3/t17-,18-,19-,20-/m0/s1. The first kappa shape index (κ1) is 24.6. The second-order valence-corrected chi connectivity index (χ2v) is 19.8. The van der Waals surface area contributed by atoms with Crippen LogP contribution in [0.3, 0.4) is 0 Å². The van der Waals surface area contributed by atoms with Crippen molar-refractivity contribution in [3.8, 4) is 11.5 Å². The van der Waals surface area contributed by atoms with Gasteiger partial charge in [-0.25, -0.2) is 0 Å². The van der Waals surface area contributed by atoms with Gasteiger partial charge in [0, 0.05) is 0 Å². The highest BCUT2D eigenvalue weighted by Gasteiger charge is 2.39. The summed E-state index contributed by atoms with van der Waals surface area (Å²) < 4.78 is 18.4. The van der Waals surface area contributed by atoms with E-state index in [1.165, 1.54) is 0 Å². The van der Waals surface area contributed by atoms with Gasteiger partial charge in [-0.05, 0) is 32.0 Å². The first-order valence-corrected chi connectivity index (χ1v) is 16.4. The molecule has 1 rings (SSSR count). The Morgan fingerprint density at radius 3 is 2.19 bits per heavy atom. The molecule has 0 aromatic carbocycles. The van der Waals surface area contributed by atoms with Gasteiger partial charge in [0.15, 0.2) is 14.6 Å². The van der Waals surface area contributed by atoms with Crippen LogP contribution in [-0.2, 0) is 13.9 Å². The van der Waals surface area contributed by atoms with Gasteiger partial charge in [-0.1, -0.05) is 58.5 Å². The molecular weight excluding hydrogens is 372 g/mol. The molecule has 0 bridgehead atoms. The van der Waals surface area contributed by atoms with E-state index < -0.39 is 28.8 Å². The second-order valence-electron chi connectivity index (χ2n) is 10.2. The molecule has 1 aliphatic rings. The summed E-state index contributed by atoms with van der Waals surface area (Å²) >= 11 is 0. The molecule has 4 nitrogen and oxygen atoms in total. The van der Waals surface area contributed by atoms with Crippen molar-refractivity contribution in [2.24, 2.45) is 5.92 Å². The third-order valence-electron chi connectivity index (χ3n) is 4.95. The zero-order valence-corrected chi connectivity index (χ0v) is 20.9. The average molecular weight is 413 g/mol. The summed E-state index contributed by atoms with van der Waals surface area (Å²) in [5, 5.41) is 10.7. The van der Waals surface area contributed by atoms with Gasteiger partial charge >= 0.3 is 0 Å². The van der Waals surface area contributed by atoms with Gasteiger partial charge < -0.3 is 19.0 Å². The molecule has 4 atom stereocenters. The zero-order chi connectivity index (χ0) is 21.0. The predicted molar refractivity (Wildman–Crippen MR) is 118 cm³/mol. The van der Waals surface area contributed by atoms with Crippen molar-refractivity contribution in [1.82, 2.24) is 0 Å². The highest BCUT2D eigenvalue weighted by molar-refractivity contribution is 6.83. The molecule has 0 aromatic heterocycles. The maximum absolute atomic E-state index is 10.6. The normalized spacial score (nSPS) is 25.3. The smallest absolute Gasteiger partial charge is 0.192 e. The van der Waals surface area contributed by atoms with Gasteiger partial charge in [0.25, 0.3) is 0 Å². The summed E-state index contributed by atoms with van der Waals surface area (Å²) in [5.41, 5.74) is 3.24. The fourth-order valence-corrected chi connectivity index (χ4v) is 3.88. The van der Waals surface area contributed by atoms with Crippen LogP contribution < -0.4 is 0 Å². The number of aliphatic hydroxyl groups is 1. The summed E-state index contributed by atoms with van der Waals surface area (Å²) in [7, 11) is -3.38. The van der Waals surface area contributed by atoms with Crippen LogP contribution in [0.4, 0.5) is 0 Å². The second kappa shape index (κ2) is 9.38. The van der Waals surface area contributed by atoms with Crippen molar-refractivity contribution in [1.29, 1.82) is 0 Å². The Hall–Kier alpha value is -0.426. The Labute approximate surface area is 168 Å². The zero-order valence-electron chi connectivity index (χ0n) is 18.9. The first-order valence-electron chi connectivity index (χ1n) is 9.96. The molecule has 0 aliphatic carbocycles. The lowest BCUT2D eigenvalue weighted by atomic mass is 9.98. The van der Waals surface area contributed by atoms with Crippen molar-refractivity contribution in [2.75, 3.05) is 6.61 Å². The van der Waals surface area contributed by atoms with Crippen LogP contribution in [0.15, 0.2) is 12.2 Å². The van der Waals surface area contributed by atoms with E-state index in [1.807, 2.05) is 26.0 Å². The number of ether oxygens (including phenoxy) is 2. The van der Waals surface area contributed by atoms with E-state index in [0.717, 1.165) is 0 Å². The van der Waals surface area contributed by atoms with Gasteiger partial charge in [0.2, 0.25) is 0 Å². The Balaban J connectivity index is 2.87. The highest BCUT2D eigenvalue weighted by Crippen LogP contribution is 2.37. The van der Waals surface area contributed by atoms with E-state index >= 15 is 0 Å². The lowest BCUT2D eigenvalue weighted by Gasteiger charge is -2.39. The number of hydrogen-bond donors (Lipinski definition) is 1. The fourth-order valence-electron chi connectivity index (χ4n) is 2.28.